The molecule has 1 rings (SSSR count). The highest BCUT2D eigenvalue weighted by Crippen LogP contribution is 2.22. The summed E-state index contributed by atoms with van der Waals surface area (Å²) in [5.41, 5.74) is 0. The van der Waals surface area contributed by atoms with Gasteiger partial charge in [0.1, 0.15) is 12.6 Å². The van der Waals surface area contributed by atoms with E-state index in [1.165, 1.54) is 0 Å². The Kier molecular flexibility index (Phi) is 3.23. The first-order chi connectivity index (χ1) is 5.36. The van der Waals surface area contributed by atoms with Gasteiger partial charge < -0.3 is 14.3 Å². The number of carbonyl (C=O) groups excluding carboxylic acids is 2. The molecule has 0 aromatic rings. The molecule has 2 atom stereocenters. The number of ether oxygens (including phenoxy) is 1. The first-order valence-electron chi connectivity index (χ1n) is 3.89. The molecule has 0 bridgehead atoms. The summed E-state index contributed by atoms with van der Waals surface area (Å²) in [6.45, 7) is 0. The van der Waals surface area contributed by atoms with E-state index in [0.717, 1.165) is 25.4 Å². The van der Waals surface area contributed by atoms with Gasteiger partial charge in [0.25, 0.3) is 0 Å². The molecule has 2 unspecified atom stereocenters. The highest BCUT2D eigenvalue weighted by atomic mass is 16.5. The molecule has 0 N–H and O–H groups in total. The van der Waals surface area contributed by atoms with Crippen molar-refractivity contribution in [1.29, 1.82) is 0 Å². The maximum Gasteiger partial charge on any atom is 0.122 e. The van der Waals surface area contributed by atoms with Crippen molar-refractivity contribution in [2.24, 2.45) is 0 Å². The third-order valence-electron chi connectivity index (χ3n) is 1.91. The van der Waals surface area contributed by atoms with E-state index in [9.17, 15) is 9.59 Å². The summed E-state index contributed by atoms with van der Waals surface area (Å²) in [6.07, 6.45) is 4.64. The van der Waals surface area contributed by atoms with E-state index in [2.05, 4.69) is 0 Å². The first-order valence-corrected chi connectivity index (χ1v) is 3.89. The maximum absolute atomic E-state index is 10.1. The van der Waals surface area contributed by atoms with E-state index in [0.29, 0.717) is 12.8 Å². The molecule has 1 saturated heterocycles. The van der Waals surface area contributed by atoms with E-state index in [4.69, 9.17) is 4.74 Å². The predicted octanol–water partition coefficient (Wildman–Crippen LogP) is 0.712. The minimum atomic E-state index is 0.0671. The van der Waals surface area contributed by atoms with Crippen LogP contribution in [0.1, 0.15) is 25.7 Å². The van der Waals surface area contributed by atoms with Crippen LogP contribution in [0, 0.1) is 0 Å². The van der Waals surface area contributed by atoms with Gasteiger partial charge >= 0.3 is 0 Å². The van der Waals surface area contributed by atoms with Crippen molar-refractivity contribution in [2.45, 2.75) is 37.9 Å². The SMILES string of the molecule is O=CCC1CCC(CC=O)O1. The Labute approximate surface area is 65.7 Å². The summed E-state index contributed by atoms with van der Waals surface area (Å²) in [4.78, 5) is 20.2. The van der Waals surface area contributed by atoms with Gasteiger partial charge in [-0.25, -0.2) is 0 Å². The highest BCUT2D eigenvalue weighted by Gasteiger charge is 2.23. The molecule has 0 amide bonds. The molecule has 1 aliphatic rings. The highest BCUT2D eigenvalue weighted by molar-refractivity contribution is 5.51. The van der Waals surface area contributed by atoms with Crippen molar-refractivity contribution >= 4 is 12.6 Å². The second kappa shape index (κ2) is 4.23. The van der Waals surface area contributed by atoms with Gasteiger partial charge in [0.2, 0.25) is 0 Å². The Morgan fingerprint density at radius 2 is 1.55 bits per heavy atom. The van der Waals surface area contributed by atoms with E-state index >= 15 is 0 Å². The zero-order valence-corrected chi connectivity index (χ0v) is 6.36. The van der Waals surface area contributed by atoms with Gasteiger partial charge in [-0.3, -0.25) is 0 Å². The molecule has 0 aromatic heterocycles. The Morgan fingerprint density at radius 1 is 1.09 bits per heavy atom. The van der Waals surface area contributed by atoms with Crippen molar-refractivity contribution in [2.75, 3.05) is 0 Å². The van der Waals surface area contributed by atoms with Gasteiger partial charge in [0.05, 0.1) is 12.2 Å². The lowest BCUT2D eigenvalue weighted by Gasteiger charge is -2.07. The molecule has 0 radical (unpaired) electrons. The normalized spacial score (nSPS) is 30.2. The van der Waals surface area contributed by atoms with Crippen molar-refractivity contribution in [3.05, 3.63) is 0 Å². The fourth-order valence-electron chi connectivity index (χ4n) is 1.34. The molecule has 0 spiro atoms. The maximum atomic E-state index is 10.1. The van der Waals surface area contributed by atoms with E-state index in [-0.39, 0.29) is 12.2 Å². The summed E-state index contributed by atoms with van der Waals surface area (Å²) in [5.74, 6) is 0. The number of aldehydes is 2. The smallest absolute Gasteiger partial charge is 0.122 e. The Morgan fingerprint density at radius 3 is 1.91 bits per heavy atom. The largest absolute Gasteiger partial charge is 0.374 e. The van der Waals surface area contributed by atoms with Crippen molar-refractivity contribution in [1.82, 2.24) is 0 Å². The van der Waals surface area contributed by atoms with Crippen LogP contribution in [0.3, 0.4) is 0 Å². The summed E-state index contributed by atoms with van der Waals surface area (Å²) >= 11 is 0. The number of hydrogen-bond donors (Lipinski definition) is 0. The summed E-state index contributed by atoms with van der Waals surface area (Å²) in [6, 6.07) is 0. The van der Waals surface area contributed by atoms with Gasteiger partial charge in [0.15, 0.2) is 0 Å². The van der Waals surface area contributed by atoms with Gasteiger partial charge in [0, 0.05) is 12.8 Å². The molecular weight excluding hydrogens is 144 g/mol. The zero-order valence-electron chi connectivity index (χ0n) is 6.36. The quantitative estimate of drug-likeness (QED) is 0.563. The van der Waals surface area contributed by atoms with Crippen molar-refractivity contribution in [3.63, 3.8) is 0 Å². The molecule has 0 aromatic carbocycles. The van der Waals surface area contributed by atoms with Gasteiger partial charge in [-0.15, -0.1) is 0 Å². The minimum Gasteiger partial charge on any atom is -0.374 e. The predicted molar refractivity (Wildman–Crippen MR) is 39.3 cm³/mol. The molecule has 0 saturated carbocycles. The monoisotopic (exact) mass is 156 g/mol. The van der Waals surface area contributed by atoms with Gasteiger partial charge in [-0.05, 0) is 12.8 Å². The Balaban J connectivity index is 2.22. The number of carbonyl (C=O) groups is 2. The fourth-order valence-corrected chi connectivity index (χ4v) is 1.34. The second-order valence-corrected chi connectivity index (χ2v) is 2.76. The van der Waals surface area contributed by atoms with Crippen molar-refractivity contribution in [3.8, 4) is 0 Å². The van der Waals surface area contributed by atoms with Crippen LogP contribution in [-0.2, 0) is 14.3 Å². The van der Waals surface area contributed by atoms with Crippen LogP contribution < -0.4 is 0 Å². The topological polar surface area (TPSA) is 43.4 Å². The van der Waals surface area contributed by atoms with Gasteiger partial charge in [-0.2, -0.15) is 0 Å². The number of hydrogen-bond acceptors (Lipinski definition) is 3. The van der Waals surface area contributed by atoms with Crippen LogP contribution in [0.5, 0.6) is 0 Å². The van der Waals surface area contributed by atoms with E-state index in [1.54, 1.807) is 0 Å². The Hall–Kier alpha value is -0.700. The molecular formula is C8H12O3. The standard InChI is InChI=1S/C8H12O3/c9-5-3-7-1-2-8(11-7)4-6-10/h5-8H,1-4H2. The molecule has 11 heavy (non-hydrogen) atoms. The van der Waals surface area contributed by atoms with Crippen LogP contribution in [0.15, 0.2) is 0 Å². The molecule has 1 aliphatic heterocycles. The first kappa shape index (κ1) is 8.40. The van der Waals surface area contributed by atoms with Crippen LogP contribution >= 0.6 is 0 Å². The summed E-state index contributed by atoms with van der Waals surface area (Å²) < 4.78 is 5.38. The van der Waals surface area contributed by atoms with Crippen LogP contribution in [-0.4, -0.2) is 24.8 Å². The minimum absolute atomic E-state index is 0.0671. The van der Waals surface area contributed by atoms with Crippen LogP contribution in [0.25, 0.3) is 0 Å². The third kappa shape index (κ3) is 2.42. The molecule has 62 valence electrons. The van der Waals surface area contributed by atoms with E-state index in [1.807, 2.05) is 0 Å². The lowest BCUT2D eigenvalue weighted by atomic mass is 10.1. The lowest BCUT2D eigenvalue weighted by Crippen LogP contribution is -2.11. The molecule has 3 nitrogen and oxygen atoms in total. The van der Waals surface area contributed by atoms with Crippen LogP contribution in [0.4, 0.5) is 0 Å². The lowest BCUT2D eigenvalue weighted by molar-refractivity contribution is -0.111. The fraction of sp³-hybridized carbons (Fsp3) is 0.750. The zero-order chi connectivity index (χ0) is 8.10. The molecule has 1 fully saturated rings. The molecule has 1 heterocycles. The summed E-state index contributed by atoms with van der Waals surface area (Å²) in [7, 11) is 0. The second-order valence-electron chi connectivity index (χ2n) is 2.76. The summed E-state index contributed by atoms with van der Waals surface area (Å²) in [5, 5.41) is 0. The average Bonchev–Trinajstić information content (AvgIpc) is 2.38. The van der Waals surface area contributed by atoms with Gasteiger partial charge in [-0.1, -0.05) is 0 Å². The third-order valence-corrected chi connectivity index (χ3v) is 1.91. The molecule has 3 heteroatoms. The Bertz CT molecular complexity index is 128. The van der Waals surface area contributed by atoms with Crippen LogP contribution in [0.2, 0.25) is 0 Å². The van der Waals surface area contributed by atoms with Crippen molar-refractivity contribution < 1.29 is 14.3 Å². The van der Waals surface area contributed by atoms with E-state index < -0.39 is 0 Å². The molecule has 0 aliphatic carbocycles. The average molecular weight is 156 g/mol. The number of rotatable bonds is 4.